The molecule has 0 atom stereocenters. The summed E-state index contributed by atoms with van der Waals surface area (Å²) in [5, 5.41) is 3.11. The first kappa shape index (κ1) is 18.1. The van der Waals surface area contributed by atoms with Crippen LogP contribution in [0.25, 0.3) is 0 Å². The zero-order chi connectivity index (χ0) is 17.5. The van der Waals surface area contributed by atoms with Crippen LogP contribution < -0.4 is 10.1 Å². The van der Waals surface area contributed by atoms with Gasteiger partial charge in [-0.2, -0.15) is 0 Å². The lowest BCUT2D eigenvalue weighted by Crippen LogP contribution is -2.18. The van der Waals surface area contributed by atoms with Gasteiger partial charge < -0.3 is 10.1 Å². The van der Waals surface area contributed by atoms with Gasteiger partial charge >= 0.3 is 0 Å². The van der Waals surface area contributed by atoms with Crippen LogP contribution in [0, 0.1) is 0 Å². The number of nitrogens with one attached hydrogen (secondary N) is 1. The van der Waals surface area contributed by atoms with E-state index in [4.69, 9.17) is 4.74 Å². The van der Waals surface area contributed by atoms with Crippen molar-refractivity contribution < 1.29 is 9.53 Å². The molecule has 1 amide bonds. The van der Waals surface area contributed by atoms with Crippen LogP contribution in [0.4, 0.5) is 5.69 Å². The van der Waals surface area contributed by atoms with Crippen molar-refractivity contribution in [1.29, 1.82) is 0 Å². The molecule has 0 radical (unpaired) electrons. The van der Waals surface area contributed by atoms with Crippen molar-refractivity contribution in [3.05, 3.63) is 59.7 Å². The molecule has 0 spiro atoms. The number of ether oxygens (including phenoxy) is 1. The Balaban J connectivity index is 2.02. The van der Waals surface area contributed by atoms with E-state index < -0.39 is 0 Å². The Bertz CT molecular complexity index is 637. The minimum absolute atomic E-state index is 0.0130. The number of carbonyl (C=O) groups excluding carboxylic acids is 1. The van der Waals surface area contributed by atoms with Crippen molar-refractivity contribution in [1.82, 2.24) is 0 Å². The van der Waals surface area contributed by atoms with E-state index in [2.05, 4.69) is 51.2 Å². The number of hydrogen-bond donors (Lipinski definition) is 1. The van der Waals surface area contributed by atoms with E-state index >= 15 is 0 Å². The van der Waals surface area contributed by atoms with E-state index in [9.17, 15) is 4.79 Å². The second-order valence-electron chi connectivity index (χ2n) is 6.58. The predicted octanol–water partition coefficient (Wildman–Crippen LogP) is 5.34. The molecule has 0 aliphatic heterocycles. The second-order valence-corrected chi connectivity index (χ2v) is 6.58. The lowest BCUT2D eigenvalue weighted by atomic mass is 9.92. The third-order valence-electron chi connectivity index (χ3n) is 3.98. The fraction of sp³-hybridized carbons (Fsp3) is 0.381. The van der Waals surface area contributed by atoms with Crippen molar-refractivity contribution in [2.24, 2.45) is 0 Å². The lowest BCUT2D eigenvalue weighted by Gasteiger charge is -2.20. The molecule has 0 aliphatic rings. The summed E-state index contributed by atoms with van der Waals surface area (Å²) in [5.74, 6) is 1.50. The van der Waals surface area contributed by atoms with Crippen LogP contribution in [-0.4, -0.2) is 12.5 Å². The molecule has 2 aromatic carbocycles. The highest BCUT2D eigenvalue weighted by Gasteiger charge is 2.15. The fourth-order valence-corrected chi connectivity index (χ4v) is 2.68. The number of hydrogen-bond acceptors (Lipinski definition) is 2. The van der Waals surface area contributed by atoms with Crippen LogP contribution in [0.3, 0.4) is 0 Å². The maximum absolute atomic E-state index is 12.4. The first-order valence-electron chi connectivity index (χ1n) is 8.59. The Labute approximate surface area is 145 Å². The molecule has 2 rings (SSSR count). The molecule has 2 aromatic rings. The molecule has 3 nitrogen and oxygen atoms in total. The molecule has 0 bridgehead atoms. The average Bonchev–Trinajstić information content (AvgIpc) is 2.55. The molecule has 1 N–H and O–H groups in total. The third-order valence-corrected chi connectivity index (χ3v) is 3.98. The number of rotatable bonds is 7. The molecule has 0 fully saturated rings. The zero-order valence-corrected chi connectivity index (χ0v) is 15.0. The largest absolute Gasteiger partial charge is 0.493 e. The van der Waals surface area contributed by atoms with Crippen LogP contribution >= 0.6 is 0 Å². The summed E-state index contributed by atoms with van der Waals surface area (Å²) < 4.78 is 5.61. The van der Waals surface area contributed by atoms with Gasteiger partial charge in [-0.15, -0.1) is 0 Å². The molecule has 0 unspecified atom stereocenters. The van der Waals surface area contributed by atoms with Gasteiger partial charge in [0, 0.05) is 5.69 Å². The number of para-hydroxylation sites is 2. The highest BCUT2D eigenvalue weighted by molar-refractivity contribution is 5.92. The monoisotopic (exact) mass is 325 g/mol. The summed E-state index contributed by atoms with van der Waals surface area (Å²) in [6, 6.07) is 15.8. The summed E-state index contributed by atoms with van der Waals surface area (Å²) in [5.41, 5.74) is 3.32. The van der Waals surface area contributed by atoms with Crippen LogP contribution in [-0.2, 0) is 4.79 Å². The minimum atomic E-state index is -0.0130. The summed E-state index contributed by atoms with van der Waals surface area (Å²) in [6.45, 7) is 8.96. The normalized spacial score (nSPS) is 10.9. The Kier molecular flexibility index (Phi) is 6.42. The van der Waals surface area contributed by atoms with Gasteiger partial charge in [0.05, 0.1) is 13.0 Å². The molecule has 24 heavy (non-hydrogen) atoms. The van der Waals surface area contributed by atoms with Crippen molar-refractivity contribution in [3.8, 4) is 5.75 Å². The topological polar surface area (TPSA) is 38.3 Å². The second kappa shape index (κ2) is 8.53. The summed E-state index contributed by atoms with van der Waals surface area (Å²) in [4.78, 5) is 12.4. The summed E-state index contributed by atoms with van der Waals surface area (Å²) >= 11 is 0. The quantitative estimate of drug-likeness (QED) is 0.746. The van der Waals surface area contributed by atoms with Gasteiger partial charge in [0.25, 0.3) is 0 Å². The van der Waals surface area contributed by atoms with Gasteiger partial charge in [-0.25, -0.2) is 0 Å². The molecule has 128 valence electrons. The van der Waals surface area contributed by atoms with E-state index in [0.717, 1.165) is 11.4 Å². The van der Waals surface area contributed by atoms with Gasteiger partial charge in [0.2, 0.25) is 5.91 Å². The van der Waals surface area contributed by atoms with Gasteiger partial charge in [-0.1, -0.05) is 64.1 Å². The molecule has 0 aromatic heterocycles. The number of anilines is 1. The SMILES string of the molecule is CC(C)c1cccc(C(C)C)c1NC(=O)CCOc1ccccc1. The molecule has 0 saturated carbocycles. The molecular formula is C21H27NO2. The molecule has 3 heteroatoms. The fourth-order valence-electron chi connectivity index (χ4n) is 2.68. The van der Waals surface area contributed by atoms with Gasteiger partial charge in [-0.05, 0) is 35.1 Å². The Morgan fingerprint density at radius 1 is 0.917 bits per heavy atom. The maximum Gasteiger partial charge on any atom is 0.227 e. The highest BCUT2D eigenvalue weighted by atomic mass is 16.5. The number of carbonyl (C=O) groups is 1. The Hall–Kier alpha value is -2.29. The van der Waals surface area contributed by atoms with Gasteiger partial charge in [-0.3, -0.25) is 4.79 Å². The highest BCUT2D eigenvalue weighted by Crippen LogP contribution is 2.32. The van der Waals surface area contributed by atoms with Gasteiger partial charge in [0.15, 0.2) is 0 Å². The minimum Gasteiger partial charge on any atom is -0.493 e. The van der Waals surface area contributed by atoms with Crippen molar-refractivity contribution in [3.63, 3.8) is 0 Å². The first-order chi connectivity index (χ1) is 11.5. The van der Waals surface area contributed by atoms with E-state index in [1.165, 1.54) is 11.1 Å². The number of amides is 1. The van der Waals surface area contributed by atoms with E-state index in [-0.39, 0.29) is 5.91 Å². The van der Waals surface area contributed by atoms with Crippen molar-refractivity contribution in [2.75, 3.05) is 11.9 Å². The molecule has 0 heterocycles. The molecule has 0 saturated heterocycles. The van der Waals surface area contributed by atoms with Crippen molar-refractivity contribution in [2.45, 2.75) is 46.0 Å². The first-order valence-corrected chi connectivity index (χ1v) is 8.59. The van der Waals surface area contributed by atoms with Crippen LogP contribution in [0.15, 0.2) is 48.5 Å². The summed E-state index contributed by atoms with van der Waals surface area (Å²) in [6.07, 6.45) is 0.332. The van der Waals surface area contributed by atoms with Crippen LogP contribution in [0.5, 0.6) is 5.75 Å². The molecule has 0 aliphatic carbocycles. The van der Waals surface area contributed by atoms with Crippen LogP contribution in [0.1, 0.15) is 57.1 Å². The maximum atomic E-state index is 12.4. The smallest absolute Gasteiger partial charge is 0.227 e. The standard InChI is InChI=1S/C21H27NO2/c1-15(2)18-11-8-12-19(16(3)4)21(18)22-20(23)13-14-24-17-9-6-5-7-10-17/h5-12,15-16H,13-14H2,1-4H3,(H,22,23). The van der Waals surface area contributed by atoms with E-state index in [0.29, 0.717) is 24.9 Å². The van der Waals surface area contributed by atoms with E-state index in [1.807, 2.05) is 30.3 Å². The van der Waals surface area contributed by atoms with Crippen molar-refractivity contribution >= 4 is 11.6 Å². The van der Waals surface area contributed by atoms with Gasteiger partial charge in [0.1, 0.15) is 5.75 Å². The third kappa shape index (κ3) is 4.85. The Morgan fingerprint density at radius 3 is 2.04 bits per heavy atom. The van der Waals surface area contributed by atoms with E-state index in [1.54, 1.807) is 0 Å². The molecular weight excluding hydrogens is 298 g/mol. The number of benzene rings is 2. The predicted molar refractivity (Wildman–Crippen MR) is 99.8 cm³/mol. The zero-order valence-electron chi connectivity index (χ0n) is 15.0. The lowest BCUT2D eigenvalue weighted by molar-refractivity contribution is -0.116. The van der Waals surface area contributed by atoms with Crippen LogP contribution in [0.2, 0.25) is 0 Å². The average molecular weight is 325 g/mol. The Morgan fingerprint density at radius 2 is 1.50 bits per heavy atom. The summed E-state index contributed by atoms with van der Waals surface area (Å²) in [7, 11) is 0.